The van der Waals surface area contributed by atoms with Crippen molar-refractivity contribution >= 4 is 43.1 Å². The number of piperazine rings is 1. The molecule has 3 aromatic rings. The van der Waals surface area contributed by atoms with Crippen molar-refractivity contribution in [3.63, 3.8) is 0 Å². The van der Waals surface area contributed by atoms with Crippen molar-refractivity contribution in [2.45, 2.75) is 24.8 Å². The van der Waals surface area contributed by atoms with E-state index in [0.717, 1.165) is 16.9 Å². The average molecular weight is 513 g/mol. The fourth-order valence-corrected chi connectivity index (χ4v) is 5.76. The van der Waals surface area contributed by atoms with Gasteiger partial charge in [0.1, 0.15) is 17.0 Å². The minimum atomic E-state index is -4.28. The lowest BCUT2D eigenvalue weighted by atomic mass is 10.1. The summed E-state index contributed by atoms with van der Waals surface area (Å²) in [6, 6.07) is 8.47. The van der Waals surface area contributed by atoms with Crippen molar-refractivity contribution in [1.29, 1.82) is 0 Å². The Labute approximate surface area is 199 Å². The Morgan fingerprint density at radius 3 is 2.32 bits per heavy atom. The number of sulfone groups is 1. The Morgan fingerprint density at radius 1 is 1.06 bits per heavy atom. The summed E-state index contributed by atoms with van der Waals surface area (Å²) < 4.78 is 61.2. The van der Waals surface area contributed by atoms with E-state index in [1.165, 1.54) is 18.6 Å². The summed E-state index contributed by atoms with van der Waals surface area (Å²) in [7, 11) is -3.12. The van der Waals surface area contributed by atoms with E-state index in [4.69, 9.17) is 0 Å². The zero-order valence-electron chi connectivity index (χ0n) is 18.4. The van der Waals surface area contributed by atoms with Crippen molar-refractivity contribution in [2.24, 2.45) is 0 Å². The Kier molecular flexibility index (Phi) is 6.81. The minimum absolute atomic E-state index is 0.0358. The van der Waals surface area contributed by atoms with Crippen LogP contribution in [0.3, 0.4) is 0 Å². The smallest absolute Gasteiger partial charge is 0.352 e. The molecule has 182 valence electrons. The van der Waals surface area contributed by atoms with Crippen LogP contribution in [0.5, 0.6) is 0 Å². The molecule has 0 radical (unpaired) electrons. The topological polar surface area (TPSA) is 83.5 Å². The maximum absolute atomic E-state index is 12.8. The molecule has 0 aliphatic carbocycles. The average Bonchev–Trinajstić information content (AvgIpc) is 3.15. The van der Waals surface area contributed by atoms with Crippen LogP contribution in [0.2, 0.25) is 0 Å². The first-order chi connectivity index (χ1) is 16.0. The number of rotatable bonds is 6. The maximum Gasteiger partial charge on any atom is 0.393 e. The Bertz CT molecular complexity index is 1280. The first kappa shape index (κ1) is 24.4. The lowest BCUT2D eigenvalue weighted by molar-refractivity contribution is -0.130. The van der Waals surface area contributed by atoms with Crippen molar-refractivity contribution in [3.05, 3.63) is 52.7 Å². The molecule has 1 fully saturated rings. The summed E-state index contributed by atoms with van der Waals surface area (Å²) in [5, 5.41) is 0.598. The highest BCUT2D eigenvalue weighted by molar-refractivity contribution is 7.89. The molecule has 0 atom stereocenters. The van der Waals surface area contributed by atoms with Crippen LogP contribution in [-0.4, -0.2) is 67.8 Å². The van der Waals surface area contributed by atoms with Crippen molar-refractivity contribution in [1.82, 2.24) is 14.9 Å². The number of hydrogen-bond donors (Lipinski definition) is 0. The van der Waals surface area contributed by atoms with E-state index in [0.29, 0.717) is 47.8 Å². The fraction of sp³-hybridized carbons (Fsp3) is 0.409. The minimum Gasteiger partial charge on any atom is -0.352 e. The molecule has 0 unspecified atom stereocenters. The van der Waals surface area contributed by atoms with E-state index in [-0.39, 0.29) is 23.0 Å². The Hall–Kier alpha value is -2.73. The van der Waals surface area contributed by atoms with Crippen LogP contribution in [-0.2, 0) is 33.2 Å². The number of alkyl halides is 3. The van der Waals surface area contributed by atoms with E-state index >= 15 is 0 Å². The summed E-state index contributed by atoms with van der Waals surface area (Å²) in [5.74, 6) is 0.510. The van der Waals surface area contributed by atoms with Crippen molar-refractivity contribution in [2.75, 3.05) is 37.3 Å². The van der Waals surface area contributed by atoms with Crippen molar-refractivity contribution in [3.8, 4) is 0 Å². The van der Waals surface area contributed by atoms with E-state index in [1.54, 1.807) is 29.2 Å². The third kappa shape index (κ3) is 6.23. The number of carbonyl (C=O) groups excluding carboxylic acids is 1. The first-order valence-electron chi connectivity index (χ1n) is 10.6. The summed E-state index contributed by atoms with van der Waals surface area (Å²) in [6.07, 6.45) is -2.53. The van der Waals surface area contributed by atoms with Gasteiger partial charge < -0.3 is 9.80 Å². The number of anilines is 1. The first-order valence-corrected chi connectivity index (χ1v) is 13.4. The van der Waals surface area contributed by atoms with Crippen LogP contribution in [0.25, 0.3) is 10.2 Å². The Morgan fingerprint density at radius 2 is 1.71 bits per heavy atom. The quantitative estimate of drug-likeness (QED) is 0.504. The van der Waals surface area contributed by atoms with Gasteiger partial charge in [-0.1, -0.05) is 24.3 Å². The monoisotopic (exact) mass is 512 g/mol. The molecule has 3 heterocycles. The van der Waals surface area contributed by atoms with Crippen LogP contribution in [0.4, 0.5) is 19.0 Å². The molecule has 0 N–H and O–H groups in total. The van der Waals surface area contributed by atoms with Crippen LogP contribution >= 0.6 is 11.3 Å². The molecule has 1 aromatic carbocycles. The molecule has 34 heavy (non-hydrogen) atoms. The number of amides is 1. The number of carbonyl (C=O) groups is 1. The highest BCUT2D eigenvalue weighted by atomic mass is 32.2. The molecular weight excluding hydrogens is 489 g/mol. The molecule has 4 rings (SSSR count). The van der Waals surface area contributed by atoms with Gasteiger partial charge in [0.15, 0.2) is 9.84 Å². The SMILES string of the molecule is CS(=O)(=O)Cc1ccc(CC(=O)N2CCN(c3ncnc4sc(CC(F)(F)F)cc34)CC2)cc1. The molecule has 0 saturated carbocycles. The van der Waals surface area contributed by atoms with Crippen molar-refractivity contribution < 1.29 is 26.4 Å². The summed E-state index contributed by atoms with van der Waals surface area (Å²) in [5.41, 5.74) is 1.48. The van der Waals surface area contributed by atoms with Gasteiger partial charge in [0, 0.05) is 37.3 Å². The van der Waals surface area contributed by atoms with Crippen LogP contribution in [0.1, 0.15) is 16.0 Å². The van der Waals surface area contributed by atoms with Gasteiger partial charge in [-0.25, -0.2) is 18.4 Å². The number of aromatic nitrogens is 2. The van der Waals surface area contributed by atoms with Crippen LogP contribution < -0.4 is 4.90 Å². The zero-order chi connectivity index (χ0) is 24.5. The predicted molar refractivity (Wildman–Crippen MR) is 125 cm³/mol. The van der Waals surface area contributed by atoms with Gasteiger partial charge in [-0.2, -0.15) is 13.2 Å². The number of thiophene rings is 1. The molecule has 0 spiro atoms. The molecular formula is C22H23F3N4O3S2. The zero-order valence-corrected chi connectivity index (χ0v) is 20.0. The summed E-state index contributed by atoms with van der Waals surface area (Å²) in [4.78, 5) is 25.6. The molecule has 1 saturated heterocycles. The molecule has 7 nitrogen and oxygen atoms in total. The van der Waals surface area contributed by atoms with Gasteiger partial charge in [0.2, 0.25) is 5.91 Å². The van der Waals surface area contributed by atoms with E-state index in [1.807, 2.05) is 4.90 Å². The largest absolute Gasteiger partial charge is 0.393 e. The normalized spacial score (nSPS) is 15.2. The second-order valence-electron chi connectivity index (χ2n) is 8.35. The highest BCUT2D eigenvalue weighted by Crippen LogP contribution is 2.34. The molecule has 0 bridgehead atoms. The Balaban J connectivity index is 1.37. The number of hydrogen-bond acceptors (Lipinski definition) is 7. The number of nitrogens with zero attached hydrogens (tertiary/aromatic N) is 4. The van der Waals surface area contributed by atoms with E-state index < -0.39 is 22.4 Å². The van der Waals surface area contributed by atoms with Crippen LogP contribution in [0.15, 0.2) is 36.7 Å². The van der Waals surface area contributed by atoms with Gasteiger partial charge in [0.05, 0.1) is 24.0 Å². The number of fused-ring (bicyclic) bond motifs is 1. The standard InChI is InChI=1S/C22H23F3N4O3S2/c1-34(31,32)13-16-4-2-15(3-5-16)10-19(30)28-6-8-29(9-7-28)20-18-11-17(12-22(23,24)25)33-21(18)27-14-26-20/h2-5,11,14H,6-10,12-13H2,1H3. The predicted octanol–water partition coefficient (Wildman–Crippen LogP) is 3.23. The second kappa shape index (κ2) is 9.49. The van der Waals surface area contributed by atoms with Gasteiger partial charge in [0.25, 0.3) is 0 Å². The molecule has 1 aliphatic rings. The molecule has 12 heteroatoms. The third-order valence-corrected chi connectivity index (χ3v) is 7.37. The van der Waals surface area contributed by atoms with Gasteiger partial charge in [-0.3, -0.25) is 4.79 Å². The van der Waals surface area contributed by atoms with Gasteiger partial charge in [-0.05, 0) is 17.2 Å². The third-order valence-electron chi connectivity index (χ3n) is 5.47. The molecule has 2 aromatic heterocycles. The van der Waals surface area contributed by atoms with Gasteiger partial charge >= 0.3 is 6.18 Å². The lowest BCUT2D eigenvalue weighted by Gasteiger charge is -2.35. The number of benzene rings is 1. The summed E-state index contributed by atoms with van der Waals surface area (Å²) in [6.45, 7) is 1.96. The van der Waals surface area contributed by atoms with E-state index in [2.05, 4.69) is 9.97 Å². The van der Waals surface area contributed by atoms with Crippen LogP contribution in [0, 0.1) is 0 Å². The van der Waals surface area contributed by atoms with E-state index in [9.17, 15) is 26.4 Å². The van der Waals surface area contributed by atoms with Gasteiger partial charge in [-0.15, -0.1) is 11.3 Å². The molecule has 1 amide bonds. The second-order valence-corrected chi connectivity index (χ2v) is 11.6. The maximum atomic E-state index is 12.8. The fourth-order valence-electron chi connectivity index (χ4n) is 3.94. The number of halogens is 3. The summed E-state index contributed by atoms with van der Waals surface area (Å²) >= 11 is 1.02. The lowest BCUT2D eigenvalue weighted by Crippen LogP contribution is -2.49. The highest BCUT2D eigenvalue weighted by Gasteiger charge is 2.30. The molecule has 1 aliphatic heterocycles.